The Morgan fingerprint density at radius 1 is 1.47 bits per heavy atom. The first-order valence-corrected chi connectivity index (χ1v) is 5.94. The molecular formula is C11H13BrF2N2O. The monoisotopic (exact) mass is 306 g/mol. The summed E-state index contributed by atoms with van der Waals surface area (Å²) < 4.78 is 27.1. The van der Waals surface area contributed by atoms with Gasteiger partial charge >= 0.3 is 0 Å². The van der Waals surface area contributed by atoms with Crippen LogP contribution in [0.4, 0.5) is 14.5 Å². The molecule has 6 heteroatoms. The minimum Gasteiger partial charge on any atom is -0.330 e. The molecule has 0 fully saturated rings. The molecule has 1 rings (SSSR count). The van der Waals surface area contributed by atoms with Gasteiger partial charge in [0.1, 0.15) is 5.69 Å². The van der Waals surface area contributed by atoms with Gasteiger partial charge < -0.3 is 11.1 Å². The number of hydrogen-bond donors (Lipinski definition) is 2. The van der Waals surface area contributed by atoms with Gasteiger partial charge in [-0.3, -0.25) is 4.79 Å². The number of halogens is 3. The second-order valence-corrected chi connectivity index (χ2v) is 4.49. The fourth-order valence-electron chi connectivity index (χ4n) is 1.35. The normalized spacial score (nSPS) is 12.3. The van der Waals surface area contributed by atoms with E-state index >= 15 is 0 Å². The van der Waals surface area contributed by atoms with Gasteiger partial charge in [-0.2, -0.15) is 0 Å². The standard InChI is InChI=1S/C11H13BrF2N2O/c1-2-6(5-15)11(17)16-10-8(13)3-7(12)4-9(10)14/h3-4,6H,2,5,15H2,1H3,(H,16,17). The number of rotatable bonds is 4. The van der Waals surface area contributed by atoms with Crippen LogP contribution in [0.3, 0.4) is 0 Å². The van der Waals surface area contributed by atoms with E-state index in [1.165, 1.54) is 0 Å². The van der Waals surface area contributed by atoms with Gasteiger partial charge in [-0.25, -0.2) is 8.78 Å². The first kappa shape index (κ1) is 14.1. The van der Waals surface area contributed by atoms with Crippen LogP contribution in [0.25, 0.3) is 0 Å². The van der Waals surface area contributed by atoms with Crippen molar-refractivity contribution in [3.05, 3.63) is 28.2 Å². The quantitative estimate of drug-likeness (QED) is 0.898. The van der Waals surface area contributed by atoms with Crippen LogP contribution in [0.2, 0.25) is 0 Å². The van der Waals surface area contributed by atoms with E-state index in [1.54, 1.807) is 6.92 Å². The van der Waals surface area contributed by atoms with Crippen molar-refractivity contribution in [2.75, 3.05) is 11.9 Å². The smallest absolute Gasteiger partial charge is 0.228 e. The molecule has 0 heterocycles. The molecule has 1 atom stereocenters. The molecule has 0 aromatic heterocycles. The van der Waals surface area contributed by atoms with Crippen molar-refractivity contribution in [2.24, 2.45) is 11.7 Å². The summed E-state index contributed by atoms with van der Waals surface area (Å²) >= 11 is 2.96. The van der Waals surface area contributed by atoms with Crippen LogP contribution < -0.4 is 11.1 Å². The Kier molecular flexibility index (Phi) is 5.02. The van der Waals surface area contributed by atoms with Gasteiger partial charge in [-0.05, 0) is 18.6 Å². The molecule has 1 aromatic carbocycles. The molecule has 1 aromatic rings. The van der Waals surface area contributed by atoms with Gasteiger partial charge in [0, 0.05) is 11.0 Å². The van der Waals surface area contributed by atoms with Gasteiger partial charge in [0.2, 0.25) is 5.91 Å². The van der Waals surface area contributed by atoms with Crippen LogP contribution >= 0.6 is 15.9 Å². The van der Waals surface area contributed by atoms with Crippen molar-refractivity contribution >= 4 is 27.5 Å². The minimum absolute atomic E-state index is 0.141. The lowest BCUT2D eigenvalue weighted by molar-refractivity contribution is -0.119. The van der Waals surface area contributed by atoms with Crippen molar-refractivity contribution in [1.29, 1.82) is 0 Å². The van der Waals surface area contributed by atoms with E-state index in [4.69, 9.17) is 5.73 Å². The van der Waals surface area contributed by atoms with Gasteiger partial charge in [0.25, 0.3) is 0 Å². The first-order chi connectivity index (χ1) is 7.99. The van der Waals surface area contributed by atoms with Crippen LogP contribution in [0.1, 0.15) is 13.3 Å². The van der Waals surface area contributed by atoms with Crippen molar-refractivity contribution in [1.82, 2.24) is 0 Å². The molecule has 0 aliphatic heterocycles. The van der Waals surface area contributed by atoms with Gasteiger partial charge in [-0.15, -0.1) is 0 Å². The highest BCUT2D eigenvalue weighted by Gasteiger charge is 2.18. The lowest BCUT2D eigenvalue weighted by Crippen LogP contribution is -2.29. The van der Waals surface area contributed by atoms with Crippen molar-refractivity contribution in [3.63, 3.8) is 0 Å². The maximum Gasteiger partial charge on any atom is 0.228 e. The number of nitrogens with two attached hydrogens (primary N) is 1. The van der Waals surface area contributed by atoms with Crippen LogP contribution in [0, 0.1) is 17.6 Å². The molecule has 3 N–H and O–H groups in total. The largest absolute Gasteiger partial charge is 0.330 e. The van der Waals surface area contributed by atoms with Gasteiger partial charge in [0.15, 0.2) is 11.6 Å². The van der Waals surface area contributed by atoms with Crippen LogP contribution in [-0.2, 0) is 4.79 Å². The van der Waals surface area contributed by atoms with Gasteiger partial charge in [-0.1, -0.05) is 22.9 Å². The van der Waals surface area contributed by atoms with E-state index in [-0.39, 0.29) is 11.0 Å². The molecule has 0 saturated heterocycles. The van der Waals surface area contributed by atoms with Crippen molar-refractivity contribution in [3.8, 4) is 0 Å². The number of carbonyl (C=O) groups excluding carboxylic acids is 1. The predicted octanol–water partition coefficient (Wildman–Crippen LogP) is 2.65. The Morgan fingerprint density at radius 3 is 2.41 bits per heavy atom. The molecule has 94 valence electrons. The Morgan fingerprint density at radius 2 is 2.00 bits per heavy atom. The maximum atomic E-state index is 13.4. The average molecular weight is 307 g/mol. The van der Waals surface area contributed by atoms with Crippen LogP contribution in [0.5, 0.6) is 0 Å². The minimum atomic E-state index is -0.822. The molecule has 0 aliphatic carbocycles. The van der Waals surface area contributed by atoms with E-state index in [1.807, 2.05) is 0 Å². The molecule has 17 heavy (non-hydrogen) atoms. The number of carbonyl (C=O) groups is 1. The molecule has 0 spiro atoms. The van der Waals surface area contributed by atoms with Crippen molar-refractivity contribution < 1.29 is 13.6 Å². The third kappa shape index (κ3) is 3.47. The lowest BCUT2D eigenvalue weighted by atomic mass is 10.1. The average Bonchev–Trinajstić information content (AvgIpc) is 2.25. The molecular weight excluding hydrogens is 294 g/mol. The summed E-state index contributed by atoms with van der Waals surface area (Å²) in [6.07, 6.45) is 0.516. The van der Waals surface area contributed by atoms with Crippen molar-refractivity contribution in [2.45, 2.75) is 13.3 Å². The third-order valence-electron chi connectivity index (χ3n) is 2.40. The lowest BCUT2D eigenvalue weighted by Gasteiger charge is -2.13. The molecule has 0 radical (unpaired) electrons. The fourth-order valence-corrected chi connectivity index (χ4v) is 1.75. The fraction of sp³-hybridized carbons (Fsp3) is 0.364. The zero-order chi connectivity index (χ0) is 13.0. The van der Waals surface area contributed by atoms with E-state index < -0.39 is 29.1 Å². The van der Waals surface area contributed by atoms with E-state index in [9.17, 15) is 13.6 Å². The zero-order valence-electron chi connectivity index (χ0n) is 9.27. The molecule has 1 unspecified atom stereocenters. The van der Waals surface area contributed by atoms with E-state index in [0.29, 0.717) is 6.42 Å². The van der Waals surface area contributed by atoms with Crippen LogP contribution in [-0.4, -0.2) is 12.5 Å². The second kappa shape index (κ2) is 6.07. The molecule has 0 aliphatic rings. The molecule has 1 amide bonds. The summed E-state index contributed by atoms with van der Waals surface area (Å²) in [4.78, 5) is 11.6. The summed E-state index contributed by atoms with van der Waals surface area (Å²) in [5, 5.41) is 2.22. The topological polar surface area (TPSA) is 55.1 Å². The van der Waals surface area contributed by atoms with Crippen LogP contribution in [0.15, 0.2) is 16.6 Å². The predicted molar refractivity (Wildman–Crippen MR) is 65.5 cm³/mol. The number of amides is 1. The summed E-state index contributed by atoms with van der Waals surface area (Å²) in [6, 6.07) is 2.17. The summed E-state index contributed by atoms with van der Waals surface area (Å²) in [5.74, 6) is -2.57. The number of anilines is 1. The van der Waals surface area contributed by atoms with E-state index in [0.717, 1.165) is 12.1 Å². The zero-order valence-corrected chi connectivity index (χ0v) is 10.9. The highest BCUT2D eigenvalue weighted by atomic mass is 79.9. The number of benzene rings is 1. The third-order valence-corrected chi connectivity index (χ3v) is 2.86. The Labute approximate surface area is 107 Å². The van der Waals surface area contributed by atoms with E-state index in [2.05, 4.69) is 21.2 Å². The Hall–Kier alpha value is -1.01. The summed E-state index contributed by atoms with van der Waals surface area (Å²) in [6.45, 7) is 1.92. The SMILES string of the molecule is CCC(CN)C(=O)Nc1c(F)cc(Br)cc1F. The highest BCUT2D eigenvalue weighted by Crippen LogP contribution is 2.24. The molecule has 3 nitrogen and oxygen atoms in total. The summed E-state index contributed by atoms with van der Waals surface area (Å²) in [5.41, 5.74) is 4.94. The summed E-state index contributed by atoms with van der Waals surface area (Å²) in [7, 11) is 0. The second-order valence-electron chi connectivity index (χ2n) is 3.57. The Balaban J connectivity index is 2.92. The first-order valence-electron chi connectivity index (χ1n) is 5.15. The molecule has 0 bridgehead atoms. The maximum absolute atomic E-state index is 13.4. The molecule has 0 saturated carbocycles. The number of hydrogen-bond acceptors (Lipinski definition) is 2. The highest BCUT2D eigenvalue weighted by molar-refractivity contribution is 9.10. The number of nitrogens with one attached hydrogen (secondary N) is 1. The Bertz CT molecular complexity index is 399. The van der Waals surface area contributed by atoms with Gasteiger partial charge in [0.05, 0.1) is 5.92 Å².